The van der Waals surface area contributed by atoms with E-state index in [1.54, 1.807) is 13.1 Å². The number of aliphatic imine (C=N–C) groups is 1. The molecule has 1 atom stereocenters. The molecule has 1 aliphatic heterocycles. The molecule has 1 saturated heterocycles. The topological polar surface area (TPSA) is 66.0 Å². The van der Waals surface area contributed by atoms with Crippen LogP contribution >= 0.6 is 24.0 Å². The van der Waals surface area contributed by atoms with Crippen molar-refractivity contribution in [1.82, 2.24) is 15.5 Å². The van der Waals surface area contributed by atoms with Crippen LogP contribution in [0.25, 0.3) is 0 Å². The molecule has 0 bridgehead atoms. The number of ether oxygens (including phenoxy) is 1. The summed E-state index contributed by atoms with van der Waals surface area (Å²) in [7, 11) is 1.61. The van der Waals surface area contributed by atoms with Gasteiger partial charge in [-0.05, 0) is 30.5 Å². The molecular weight excluding hydrogens is 488 g/mol. The van der Waals surface area contributed by atoms with Gasteiger partial charge in [0, 0.05) is 19.6 Å². The molecule has 1 aromatic carbocycles. The third kappa shape index (κ3) is 6.23. The SMILES string of the molecule is CN=C(NCC(=O)NC1CC1)N1CCOC(c2cccc(C(F)(F)F)c2)C1.I. The summed E-state index contributed by atoms with van der Waals surface area (Å²) in [5.41, 5.74) is -0.226. The molecule has 1 heterocycles. The van der Waals surface area contributed by atoms with Gasteiger partial charge in [0.15, 0.2) is 5.96 Å². The highest BCUT2D eigenvalue weighted by atomic mass is 127. The van der Waals surface area contributed by atoms with E-state index in [0.29, 0.717) is 31.2 Å². The van der Waals surface area contributed by atoms with Gasteiger partial charge in [-0.2, -0.15) is 13.2 Å². The van der Waals surface area contributed by atoms with Gasteiger partial charge in [-0.15, -0.1) is 24.0 Å². The van der Waals surface area contributed by atoms with Crippen molar-refractivity contribution in [2.24, 2.45) is 4.99 Å². The Balaban J connectivity index is 0.00000280. The van der Waals surface area contributed by atoms with Gasteiger partial charge in [-0.1, -0.05) is 12.1 Å². The van der Waals surface area contributed by atoms with Gasteiger partial charge in [-0.3, -0.25) is 9.79 Å². The summed E-state index contributed by atoms with van der Waals surface area (Å²) in [5, 5.41) is 5.89. The Kier molecular flexibility index (Phi) is 7.93. The van der Waals surface area contributed by atoms with Crippen LogP contribution in [0.1, 0.15) is 30.1 Å². The van der Waals surface area contributed by atoms with Crippen molar-refractivity contribution in [1.29, 1.82) is 0 Å². The summed E-state index contributed by atoms with van der Waals surface area (Å²) >= 11 is 0. The average Bonchev–Trinajstić information content (AvgIpc) is 3.46. The number of nitrogens with one attached hydrogen (secondary N) is 2. The van der Waals surface area contributed by atoms with Crippen LogP contribution in [0.2, 0.25) is 0 Å². The van der Waals surface area contributed by atoms with Gasteiger partial charge < -0.3 is 20.3 Å². The first-order valence-corrected chi connectivity index (χ1v) is 8.90. The summed E-state index contributed by atoms with van der Waals surface area (Å²) in [5.74, 6) is 0.433. The molecule has 0 spiro atoms. The molecule has 1 unspecified atom stereocenters. The van der Waals surface area contributed by atoms with Crippen molar-refractivity contribution in [2.75, 3.05) is 33.3 Å². The largest absolute Gasteiger partial charge is 0.416 e. The summed E-state index contributed by atoms with van der Waals surface area (Å²) in [6.45, 7) is 1.36. The molecule has 28 heavy (non-hydrogen) atoms. The van der Waals surface area contributed by atoms with Crippen molar-refractivity contribution >= 4 is 35.8 Å². The minimum atomic E-state index is -4.39. The second kappa shape index (κ2) is 9.77. The first-order valence-electron chi connectivity index (χ1n) is 8.90. The maximum absolute atomic E-state index is 12.9. The number of nitrogens with zero attached hydrogens (tertiary/aromatic N) is 2. The number of hydrogen-bond donors (Lipinski definition) is 2. The van der Waals surface area contributed by atoms with Crippen LogP contribution < -0.4 is 10.6 Å². The van der Waals surface area contributed by atoms with Gasteiger partial charge in [0.25, 0.3) is 0 Å². The highest BCUT2D eigenvalue weighted by molar-refractivity contribution is 14.0. The maximum atomic E-state index is 12.9. The lowest BCUT2D eigenvalue weighted by Crippen LogP contribution is -2.50. The molecule has 1 aromatic rings. The predicted octanol–water partition coefficient (Wildman–Crippen LogP) is 2.55. The highest BCUT2D eigenvalue weighted by Gasteiger charge is 2.32. The standard InChI is InChI=1S/C18H23F3N4O2.HI/c1-22-17(23-10-16(26)24-14-5-6-14)25-7-8-27-15(11-25)12-3-2-4-13(9-12)18(19,20)21;/h2-4,9,14-15H,5-8,10-11H2,1H3,(H,22,23)(H,24,26);1H. The molecule has 1 amide bonds. The number of alkyl halides is 3. The maximum Gasteiger partial charge on any atom is 0.416 e. The van der Waals surface area contributed by atoms with Crippen LogP contribution in [0.5, 0.6) is 0 Å². The zero-order valence-electron chi connectivity index (χ0n) is 15.5. The molecule has 2 aliphatic rings. The van der Waals surface area contributed by atoms with E-state index in [2.05, 4.69) is 15.6 Å². The first-order chi connectivity index (χ1) is 12.9. The zero-order chi connectivity index (χ0) is 19.4. The van der Waals surface area contributed by atoms with Crippen molar-refractivity contribution < 1.29 is 22.7 Å². The Morgan fingerprint density at radius 2 is 2.11 bits per heavy atom. The molecular formula is C18H24F3IN4O2. The van der Waals surface area contributed by atoms with Gasteiger partial charge in [0.2, 0.25) is 5.91 Å². The third-order valence-electron chi connectivity index (χ3n) is 4.51. The molecule has 10 heteroatoms. The molecule has 1 aliphatic carbocycles. The van der Waals surface area contributed by atoms with E-state index >= 15 is 0 Å². The molecule has 2 fully saturated rings. The van der Waals surface area contributed by atoms with E-state index in [0.717, 1.165) is 25.0 Å². The molecule has 3 rings (SSSR count). The average molecular weight is 512 g/mol. The zero-order valence-corrected chi connectivity index (χ0v) is 17.8. The van der Waals surface area contributed by atoms with Crippen LogP contribution in [0.3, 0.4) is 0 Å². The van der Waals surface area contributed by atoms with Crippen LogP contribution in [0.4, 0.5) is 13.2 Å². The molecule has 6 nitrogen and oxygen atoms in total. The Bertz CT molecular complexity index is 710. The van der Waals surface area contributed by atoms with Gasteiger partial charge in [0.05, 0.1) is 25.3 Å². The summed E-state index contributed by atoms with van der Waals surface area (Å²) in [6, 6.07) is 5.46. The fourth-order valence-corrected chi connectivity index (χ4v) is 2.96. The number of guanidine groups is 1. The monoisotopic (exact) mass is 512 g/mol. The summed E-state index contributed by atoms with van der Waals surface area (Å²) < 4.78 is 44.5. The smallest absolute Gasteiger partial charge is 0.370 e. The summed E-state index contributed by atoms with van der Waals surface area (Å²) in [6.07, 6.45) is -2.86. The molecule has 0 radical (unpaired) electrons. The van der Waals surface area contributed by atoms with Crippen molar-refractivity contribution in [3.8, 4) is 0 Å². The van der Waals surface area contributed by atoms with Crippen molar-refractivity contribution in [2.45, 2.75) is 31.2 Å². The molecule has 2 N–H and O–H groups in total. The first kappa shape index (κ1) is 22.7. The number of morpholine rings is 1. The van der Waals surface area contributed by atoms with E-state index < -0.39 is 17.8 Å². The Hall–Kier alpha value is -1.56. The van der Waals surface area contributed by atoms with Crippen molar-refractivity contribution in [3.05, 3.63) is 35.4 Å². The number of carbonyl (C=O) groups is 1. The van der Waals surface area contributed by atoms with Crippen LogP contribution in [0.15, 0.2) is 29.3 Å². The molecule has 156 valence electrons. The highest BCUT2D eigenvalue weighted by Crippen LogP contribution is 2.32. The fourth-order valence-electron chi connectivity index (χ4n) is 2.96. The van der Waals surface area contributed by atoms with Gasteiger partial charge in [0.1, 0.15) is 6.10 Å². The molecule has 0 aromatic heterocycles. The van der Waals surface area contributed by atoms with Gasteiger partial charge in [-0.25, -0.2) is 0 Å². The second-order valence-electron chi connectivity index (χ2n) is 6.67. The predicted molar refractivity (Wildman–Crippen MR) is 110 cm³/mol. The normalized spacial score (nSPS) is 20.4. The quantitative estimate of drug-likeness (QED) is 0.370. The number of amides is 1. The molecule has 1 saturated carbocycles. The number of rotatable bonds is 4. The Morgan fingerprint density at radius 1 is 1.36 bits per heavy atom. The number of carbonyl (C=O) groups excluding carboxylic acids is 1. The fraction of sp³-hybridized carbons (Fsp3) is 0.556. The van der Waals surface area contributed by atoms with Crippen molar-refractivity contribution in [3.63, 3.8) is 0 Å². The minimum Gasteiger partial charge on any atom is -0.370 e. The number of hydrogen-bond acceptors (Lipinski definition) is 3. The summed E-state index contributed by atoms with van der Waals surface area (Å²) in [4.78, 5) is 17.9. The number of benzene rings is 1. The van der Waals surface area contributed by atoms with E-state index in [1.807, 2.05) is 4.90 Å². The lowest BCUT2D eigenvalue weighted by atomic mass is 10.0. The van der Waals surface area contributed by atoms with Crippen LogP contribution in [-0.2, 0) is 15.7 Å². The van der Waals surface area contributed by atoms with E-state index in [1.165, 1.54) is 6.07 Å². The minimum absolute atomic E-state index is 0. The number of halogens is 4. The van der Waals surface area contributed by atoms with Gasteiger partial charge >= 0.3 is 6.18 Å². The van der Waals surface area contributed by atoms with E-state index in [4.69, 9.17) is 4.74 Å². The van der Waals surface area contributed by atoms with E-state index in [-0.39, 0.29) is 42.5 Å². The second-order valence-corrected chi connectivity index (χ2v) is 6.67. The third-order valence-corrected chi connectivity index (χ3v) is 4.51. The van der Waals surface area contributed by atoms with Crippen LogP contribution in [-0.4, -0.2) is 56.1 Å². The Morgan fingerprint density at radius 3 is 2.75 bits per heavy atom. The van der Waals surface area contributed by atoms with Crippen LogP contribution in [0, 0.1) is 0 Å². The lowest BCUT2D eigenvalue weighted by Gasteiger charge is -2.35. The van der Waals surface area contributed by atoms with E-state index in [9.17, 15) is 18.0 Å². The Labute approximate surface area is 178 Å². The lowest BCUT2D eigenvalue weighted by molar-refractivity contribution is -0.137.